The highest BCUT2D eigenvalue weighted by Crippen LogP contribution is 2.42. The molecule has 0 unspecified atom stereocenters. The quantitative estimate of drug-likeness (QED) is 0.223. The number of alkyl halides is 3. The summed E-state index contributed by atoms with van der Waals surface area (Å²) in [7, 11) is -4.30. The predicted molar refractivity (Wildman–Crippen MR) is 152 cm³/mol. The number of esters is 1. The Labute approximate surface area is 243 Å². The number of aliphatic hydroxyl groups is 1. The molecule has 42 heavy (non-hydrogen) atoms. The highest BCUT2D eigenvalue weighted by atomic mass is 32.2. The van der Waals surface area contributed by atoms with Gasteiger partial charge in [0.2, 0.25) is 0 Å². The second-order valence-corrected chi connectivity index (χ2v) is 12.0. The minimum Gasteiger partial charge on any atom is -0.512 e. The Hall–Kier alpha value is -3.86. The van der Waals surface area contributed by atoms with Gasteiger partial charge in [-0.25, -0.2) is 9.78 Å². The Morgan fingerprint density at radius 1 is 1.05 bits per heavy atom. The first-order valence-electron chi connectivity index (χ1n) is 13.7. The van der Waals surface area contributed by atoms with Gasteiger partial charge in [0.25, 0.3) is 10.0 Å². The van der Waals surface area contributed by atoms with E-state index in [9.17, 15) is 31.5 Å². The first-order valence-corrected chi connectivity index (χ1v) is 15.2. The molecule has 0 radical (unpaired) electrons. The summed E-state index contributed by atoms with van der Waals surface area (Å²) in [6.07, 6.45) is -1.00. The maximum absolute atomic E-state index is 13.4. The molecule has 0 spiro atoms. The van der Waals surface area contributed by atoms with Crippen LogP contribution in [0.15, 0.2) is 89.3 Å². The van der Waals surface area contributed by atoms with E-state index in [1.54, 1.807) is 12.1 Å². The number of aliphatic hydroxyl groups excluding tert-OH is 1. The van der Waals surface area contributed by atoms with E-state index in [1.807, 2.05) is 44.2 Å². The van der Waals surface area contributed by atoms with Crippen molar-refractivity contribution >= 4 is 21.7 Å². The molecule has 3 aromatic rings. The fourth-order valence-electron chi connectivity index (χ4n) is 5.37. The number of hydrogen-bond acceptors (Lipinski definition) is 6. The lowest BCUT2D eigenvalue weighted by molar-refractivity contribution is -0.161. The molecule has 0 saturated carbocycles. The molecule has 224 valence electrons. The number of benzene rings is 2. The summed E-state index contributed by atoms with van der Waals surface area (Å²) in [5.41, 5.74) is 0.0252. The van der Waals surface area contributed by atoms with E-state index in [-0.39, 0.29) is 23.4 Å². The molecule has 0 saturated heterocycles. The van der Waals surface area contributed by atoms with Crippen molar-refractivity contribution in [2.75, 3.05) is 4.72 Å². The maximum Gasteiger partial charge on any atom is 0.417 e. The number of pyridine rings is 1. The zero-order valence-corrected chi connectivity index (χ0v) is 24.1. The van der Waals surface area contributed by atoms with Crippen LogP contribution in [0.1, 0.15) is 68.6 Å². The minimum absolute atomic E-state index is 0.0421. The number of anilines is 1. The fraction of sp³-hybridized carbons (Fsp3) is 0.355. The van der Waals surface area contributed by atoms with Gasteiger partial charge in [0.05, 0.1) is 11.1 Å². The molecule has 1 aliphatic rings. The first kappa shape index (κ1) is 31.1. The number of aromatic nitrogens is 1. The van der Waals surface area contributed by atoms with Crippen LogP contribution in [0.2, 0.25) is 0 Å². The molecule has 1 aromatic heterocycles. The highest BCUT2D eigenvalue weighted by Gasteiger charge is 2.43. The van der Waals surface area contributed by atoms with Crippen molar-refractivity contribution in [3.05, 3.63) is 101 Å². The summed E-state index contributed by atoms with van der Waals surface area (Å²) >= 11 is 0. The van der Waals surface area contributed by atoms with E-state index in [0.29, 0.717) is 43.5 Å². The Bertz CT molecular complexity index is 1540. The number of aryl methyl sites for hydroxylation is 1. The second-order valence-electron chi connectivity index (χ2n) is 10.4. The molecule has 2 atom stereocenters. The van der Waals surface area contributed by atoms with Crippen molar-refractivity contribution in [2.24, 2.45) is 0 Å². The lowest BCUT2D eigenvalue weighted by Crippen LogP contribution is -2.41. The third kappa shape index (κ3) is 7.13. The first-order chi connectivity index (χ1) is 19.9. The molecule has 0 amide bonds. The SMILES string of the molecule is CCC[C@@]1(CCc2ccccc2)CC(O)=C([C@@H](CC)c2cccc(NS(=O)(=O)c3ccc(C(F)(F)F)cn3)c2)C(=O)O1. The van der Waals surface area contributed by atoms with Crippen molar-refractivity contribution in [1.29, 1.82) is 0 Å². The minimum atomic E-state index is -4.65. The summed E-state index contributed by atoms with van der Waals surface area (Å²) < 4.78 is 72.6. The smallest absolute Gasteiger partial charge is 0.417 e. The number of rotatable bonds is 11. The summed E-state index contributed by atoms with van der Waals surface area (Å²) in [6, 6.07) is 17.6. The third-order valence-electron chi connectivity index (χ3n) is 7.38. The zero-order chi connectivity index (χ0) is 30.5. The number of nitrogens with one attached hydrogen (secondary N) is 1. The monoisotopic (exact) mass is 602 g/mol. The van der Waals surface area contributed by atoms with Gasteiger partial charge >= 0.3 is 12.1 Å². The topological polar surface area (TPSA) is 106 Å². The lowest BCUT2D eigenvalue weighted by atomic mass is 9.80. The zero-order valence-electron chi connectivity index (χ0n) is 23.3. The van der Waals surface area contributed by atoms with Crippen LogP contribution < -0.4 is 4.72 Å². The molecule has 2 N–H and O–H groups in total. The number of halogens is 3. The Morgan fingerprint density at radius 3 is 2.38 bits per heavy atom. The lowest BCUT2D eigenvalue weighted by Gasteiger charge is -2.38. The van der Waals surface area contributed by atoms with E-state index in [2.05, 4.69) is 9.71 Å². The van der Waals surface area contributed by atoms with Crippen molar-refractivity contribution in [2.45, 2.75) is 75.1 Å². The van der Waals surface area contributed by atoms with Crippen LogP contribution in [0, 0.1) is 0 Å². The van der Waals surface area contributed by atoms with Crippen LogP contribution in [0.3, 0.4) is 0 Å². The number of sulfonamides is 1. The van der Waals surface area contributed by atoms with Crippen LogP contribution in [-0.4, -0.2) is 30.1 Å². The van der Waals surface area contributed by atoms with Crippen molar-refractivity contribution in [1.82, 2.24) is 4.98 Å². The maximum atomic E-state index is 13.4. The molecule has 2 heterocycles. The highest BCUT2D eigenvalue weighted by molar-refractivity contribution is 7.92. The summed E-state index contributed by atoms with van der Waals surface area (Å²) in [5, 5.41) is 10.6. The molecule has 4 rings (SSSR count). The van der Waals surface area contributed by atoms with Crippen LogP contribution >= 0.6 is 0 Å². The van der Waals surface area contributed by atoms with E-state index < -0.39 is 44.3 Å². The van der Waals surface area contributed by atoms with Crippen LogP contribution in [-0.2, 0) is 32.2 Å². The van der Waals surface area contributed by atoms with Gasteiger partial charge < -0.3 is 9.84 Å². The normalized spacial score (nSPS) is 18.5. The number of nitrogens with zero attached hydrogens (tertiary/aromatic N) is 1. The largest absolute Gasteiger partial charge is 0.512 e. The van der Waals surface area contributed by atoms with Gasteiger partial charge in [-0.3, -0.25) is 4.72 Å². The van der Waals surface area contributed by atoms with E-state index in [4.69, 9.17) is 4.74 Å². The molecule has 0 fully saturated rings. The van der Waals surface area contributed by atoms with Crippen LogP contribution in [0.4, 0.5) is 18.9 Å². The third-order valence-corrected chi connectivity index (χ3v) is 8.68. The Morgan fingerprint density at radius 2 is 1.79 bits per heavy atom. The van der Waals surface area contributed by atoms with Crippen LogP contribution in [0.5, 0.6) is 0 Å². The molecular formula is C31H33F3N2O5S. The van der Waals surface area contributed by atoms with Gasteiger partial charge in [-0.2, -0.15) is 21.6 Å². The van der Waals surface area contributed by atoms with Crippen molar-refractivity contribution in [3.8, 4) is 0 Å². The molecule has 0 bridgehead atoms. The van der Waals surface area contributed by atoms with E-state index >= 15 is 0 Å². The molecule has 0 aliphatic carbocycles. The number of ether oxygens (including phenoxy) is 1. The van der Waals surface area contributed by atoms with Gasteiger partial charge in [0.15, 0.2) is 5.03 Å². The standard InChI is InChI=1S/C31H33F3N2O5S/c1-3-16-30(17-15-21-9-6-5-7-10-21)19-26(37)28(29(38)41-30)25(4-2)22-11-8-12-24(18-22)36-42(39,40)27-14-13-23(20-35-27)31(32,33)34/h5-14,18,20,25,36-37H,3-4,15-17,19H2,1-2H3/t25-,30+/m0/s1. The second kappa shape index (κ2) is 12.6. The summed E-state index contributed by atoms with van der Waals surface area (Å²) in [5.74, 6) is -1.23. The fourth-order valence-corrected chi connectivity index (χ4v) is 6.35. The van der Waals surface area contributed by atoms with Crippen molar-refractivity contribution < 1.29 is 36.2 Å². The number of carbonyl (C=O) groups is 1. The Kier molecular flexibility index (Phi) is 9.30. The van der Waals surface area contributed by atoms with E-state index in [0.717, 1.165) is 18.1 Å². The molecule has 2 aromatic carbocycles. The molecule has 7 nitrogen and oxygen atoms in total. The van der Waals surface area contributed by atoms with E-state index in [1.165, 1.54) is 12.1 Å². The number of carbonyl (C=O) groups excluding carboxylic acids is 1. The summed E-state index contributed by atoms with van der Waals surface area (Å²) in [4.78, 5) is 16.9. The molecule has 11 heteroatoms. The Balaban J connectivity index is 1.57. The average molecular weight is 603 g/mol. The molecule has 1 aliphatic heterocycles. The van der Waals surface area contributed by atoms with Gasteiger partial charge in [-0.1, -0.05) is 62.7 Å². The number of cyclic esters (lactones) is 1. The van der Waals surface area contributed by atoms with Gasteiger partial charge in [0.1, 0.15) is 11.4 Å². The van der Waals surface area contributed by atoms with Crippen LogP contribution in [0.25, 0.3) is 0 Å². The predicted octanol–water partition coefficient (Wildman–Crippen LogP) is 7.33. The van der Waals surface area contributed by atoms with Gasteiger partial charge in [-0.15, -0.1) is 0 Å². The number of hydrogen-bond donors (Lipinski definition) is 2. The van der Waals surface area contributed by atoms with Gasteiger partial charge in [0, 0.05) is 24.2 Å². The average Bonchev–Trinajstić information content (AvgIpc) is 2.94. The van der Waals surface area contributed by atoms with Gasteiger partial charge in [-0.05, 0) is 61.1 Å². The molecular weight excluding hydrogens is 569 g/mol. The summed E-state index contributed by atoms with van der Waals surface area (Å²) in [6.45, 7) is 3.83. The van der Waals surface area contributed by atoms with Crippen molar-refractivity contribution in [3.63, 3.8) is 0 Å².